The number of halogens is 1. The first-order chi connectivity index (χ1) is 6.50. The van der Waals surface area contributed by atoms with Gasteiger partial charge < -0.3 is 4.52 Å². The van der Waals surface area contributed by atoms with Gasteiger partial charge in [-0.1, -0.05) is 0 Å². The largest absolute Gasteiger partial charge is 0.330 e. The molecular formula is C9H21ClN2OP2. The molecule has 0 aliphatic rings. The summed E-state index contributed by atoms with van der Waals surface area (Å²) in [6.07, 6.45) is 0.398. The Morgan fingerprint density at radius 2 is 1.80 bits per heavy atom. The van der Waals surface area contributed by atoms with Crippen LogP contribution >= 0.6 is 28.8 Å². The summed E-state index contributed by atoms with van der Waals surface area (Å²) in [5.41, 5.74) is 0. The van der Waals surface area contributed by atoms with Crippen LogP contribution in [0.25, 0.3) is 0 Å². The lowest BCUT2D eigenvalue weighted by atomic mass is 10.3. The van der Waals surface area contributed by atoms with E-state index in [0.29, 0.717) is 25.1 Å². The molecule has 0 fully saturated rings. The molecule has 90 valence electrons. The normalized spacial score (nSPS) is 12.7. The molecule has 0 saturated carbocycles. The summed E-state index contributed by atoms with van der Waals surface area (Å²) >= 11 is 6.13. The molecule has 0 aromatic rings. The molecule has 3 nitrogen and oxygen atoms in total. The van der Waals surface area contributed by atoms with Crippen LogP contribution in [0.1, 0.15) is 34.1 Å². The Morgan fingerprint density at radius 1 is 1.33 bits per heavy atom. The van der Waals surface area contributed by atoms with Crippen molar-refractivity contribution in [3.05, 3.63) is 0 Å². The monoisotopic (exact) mass is 270 g/mol. The number of rotatable bonds is 6. The molecule has 0 amide bonds. The Hall–Kier alpha value is 0.560. The molecule has 0 N–H and O–H groups in total. The quantitative estimate of drug-likeness (QED) is 0.547. The molecule has 0 spiro atoms. The standard InChI is InChI=1S/C9H18ClN2OP.H3P/c1-8(2)12(9(3)4)14(10)13-7-5-6-11;/h8-9H,5,7H2,1-4H3;1H3. The van der Waals surface area contributed by atoms with Gasteiger partial charge in [-0.05, 0) is 38.9 Å². The number of nitriles is 1. The van der Waals surface area contributed by atoms with Crippen molar-refractivity contribution < 1.29 is 4.52 Å². The fraction of sp³-hybridized carbons (Fsp3) is 0.889. The summed E-state index contributed by atoms with van der Waals surface area (Å²) in [7, 11) is -1.08. The zero-order chi connectivity index (χ0) is 11.1. The van der Waals surface area contributed by atoms with Crippen molar-refractivity contribution in [1.29, 1.82) is 5.26 Å². The van der Waals surface area contributed by atoms with Crippen molar-refractivity contribution in [2.24, 2.45) is 0 Å². The first kappa shape index (κ1) is 17.9. The third kappa shape index (κ3) is 7.45. The van der Waals surface area contributed by atoms with Crippen LogP contribution < -0.4 is 0 Å². The lowest BCUT2D eigenvalue weighted by Crippen LogP contribution is -2.31. The second-order valence-electron chi connectivity index (χ2n) is 3.54. The summed E-state index contributed by atoms with van der Waals surface area (Å²) in [5.74, 6) is 0. The van der Waals surface area contributed by atoms with Crippen molar-refractivity contribution in [3.63, 3.8) is 0 Å². The number of nitrogens with zero attached hydrogens (tertiary/aromatic N) is 2. The maximum atomic E-state index is 8.36. The highest BCUT2D eigenvalue weighted by Crippen LogP contribution is 2.49. The minimum Gasteiger partial charge on any atom is -0.330 e. The van der Waals surface area contributed by atoms with Gasteiger partial charge in [0.1, 0.15) is 0 Å². The third-order valence-electron chi connectivity index (χ3n) is 1.65. The van der Waals surface area contributed by atoms with E-state index in [2.05, 4.69) is 32.4 Å². The van der Waals surface area contributed by atoms with Crippen LogP contribution in [0.4, 0.5) is 0 Å². The fourth-order valence-corrected chi connectivity index (χ4v) is 3.55. The zero-order valence-electron chi connectivity index (χ0n) is 9.90. The maximum absolute atomic E-state index is 8.36. The Kier molecular flexibility index (Phi) is 11.7. The van der Waals surface area contributed by atoms with Crippen LogP contribution in [0.15, 0.2) is 0 Å². The van der Waals surface area contributed by atoms with E-state index in [9.17, 15) is 0 Å². The Morgan fingerprint density at radius 3 is 2.13 bits per heavy atom. The van der Waals surface area contributed by atoms with Crippen molar-refractivity contribution in [1.82, 2.24) is 4.67 Å². The molecule has 15 heavy (non-hydrogen) atoms. The smallest absolute Gasteiger partial charge is 0.207 e. The second kappa shape index (κ2) is 9.76. The van der Waals surface area contributed by atoms with E-state index in [4.69, 9.17) is 21.0 Å². The van der Waals surface area contributed by atoms with E-state index in [0.717, 1.165) is 0 Å². The highest BCUT2D eigenvalue weighted by molar-refractivity contribution is 7.78. The Balaban J connectivity index is 0. The van der Waals surface area contributed by atoms with E-state index in [-0.39, 0.29) is 9.90 Å². The average molecular weight is 271 g/mol. The number of hydrogen-bond acceptors (Lipinski definition) is 3. The molecule has 0 rings (SSSR count). The van der Waals surface area contributed by atoms with E-state index < -0.39 is 7.65 Å². The fourth-order valence-electron chi connectivity index (χ4n) is 1.19. The molecular weight excluding hydrogens is 250 g/mol. The molecule has 0 aromatic heterocycles. The van der Waals surface area contributed by atoms with Crippen LogP contribution in [-0.2, 0) is 4.52 Å². The molecule has 2 unspecified atom stereocenters. The zero-order valence-corrected chi connectivity index (χ0v) is 13.0. The second-order valence-corrected chi connectivity index (χ2v) is 5.58. The summed E-state index contributed by atoms with van der Waals surface area (Å²) in [6, 6.07) is 2.75. The van der Waals surface area contributed by atoms with E-state index in [1.54, 1.807) is 0 Å². The molecule has 0 radical (unpaired) electrons. The lowest BCUT2D eigenvalue weighted by Gasteiger charge is -2.32. The third-order valence-corrected chi connectivity index (χ3v) is 4.15. The molecule has 0 aliphatic heterocycles. The summed E-state index contributed by atoms with van der Waals surface area (Å²) in [4.78, 5) is 0. The van der Waals surface area contributed by atoms with Gasteiger partial charge in [-0.15, -0.1) is 0 Å². The highest BCUT2D eigenvalue weighted by atomic mass is 35.7. The molecule has 0 bridgehead atoms. The van der Waals surface area contributed by atoms with E-state index in [1.165, 1.54) is 0 Å². The van der Waals surface area contributed by atoms with E-state index >= 15 is 0 Å². The van der Waals surface area contributed by atoms with Gasteiger partial charge in [-0.3, -0.25) is 0 Å². The molecule has 0 heterocycles. The van der Waals surface area contributed by atoms with Crippen LogP contribution in [-0.4, -0.2) is 23.4 Å². The van der Waals surface area contributed by atoms with Crippen LogP contribution in [0.3, 0.4) is 0 Å². The van der Waals surface area contributed by atoms with Crippen LogP contribution in [0.2, 0.25) is 0 Å². The van der Waals surface area contributed by atoms with Gasteiger partial charge in [-0.25, -0.2) is 4.67 Å². The average Bonchev–Trinajstić information content (AvgIpc) is 2.03. The first-order valence-electron chi connectivity index (χ1n) is 4.74. The Bertz CT molecular complexity index is 189. The topological polar surface area (TPSA) is 36.3 Å². The van der Waals surface area contributed by atoms with Crippen molar-refractivity contribution in [2.45, 2.75) is 46.2 Å². The predicted molar refractivity (Wildman–Crippen MR) is 72.2 cm³/mol. The van der Waals surface area contributed by atoms with Gasteiger partial charge in [0.15, 0.2) is 0 Å². The van der Waals surface area contributed by atoms with Gasteiger partial charge in [0, 0.05) is 12.1 Å². The minimum atomic E-state index is -1.08. The van der Waals surface area contributed by atoms with Gasteiger partial charge in [0.25, 0.3) is 0 Å². The lowest BCUT2D eigenvalue weighted by molar-refractivity contribution is 0.266. The van der Waals surface area contributed by atoms with Crippen LogP contribution in [0.5, 0.6) is 0 Å². The number of hydrogen-bond donors (Lipinski definition) is 0. The molecule has 6 heteroatoms. The maximum Gasteiger partial charge on any atom is 0.207 e. The highest BCUT2D eigenvalue weighted by Gasteiger charge is 2.23. The van der Waals surface area contributed by atoms with Crippen molar-refractivity contribution in [2.75, 3.05) is 6.61 Å². The van der Waals surface area contributed by atoms with Crippen molar-refractivity contribution in [3.8, 4) is 6.07 Å². The first-order valence-corrected chi connectivity index (χ1v) is 6.86. The minimum absolute atomic E-state index is 0. The van der Waals surface area contributed by atoms with E-state index in [1.807, 2.05) is 6.07 Å². The predicted octanol–water partition coefficient (Wildman–Crippen LogP) is 3.56. The van der Waals surface area contributed by atoms with Gasteiger partial charge in [-0.2, -0.15) is 15.2 Å². The summed E-state index contributed by atoms with van der Waals surface area (Å²) in [6.45, 7) is 8.77. The molecule has 0 saturated heterocycles. The summed E-state index contributed by atoms with van der Waals surface area (Å²) < 4.78 is 7.52. The SMILES string of the molecule is CC(C)N(C(C)C)P(Cl)OCCC#N.P. The van der Waals surface area contributed by atoms with Crippen LogP contribution in [0, 0.1) is 11.3 Å². The molecule has 2 atom stereocenters. The van der Waals surface area contributed by atoms with Gasteiger partial charge in [0.2, 0.25) is 7.65 Å². The Labute approximate surface area is 102 Å². The van der Waals surface area contributed by atoms with Crippen molar-refractivity contribution >= 4 is 28.8 Å². The summed E-state index contributed by atoms with van der Waals surface area (Å²) in [5, 5.41) is 8.36. The van der Waals surface area contributed by atoms with Gasteiger partial charge in [0.05, 0.1) is 19.1 Å². The van der Waals surface area contributed by atoms with Gasteiger partial charge >= 0.3 is 0 Å². The molecule has 0 aliphatic carbocycles. The molecule has 0 aromatic carbocycles.